The van der Waals surface area contributed by atoms with Crippen LogP contribution >= 0.6 is 0 Å². The Morgan fingerprint density at radius 3 is 2.11 bits per heavy atom. The summed E-state index contributed by atoms with van der Waals surface area (Å²) in [6.07, 6.45) is 1.17. The van der Waals surface area contributed by atoms with E-state index < -0.39 is 10.6 Å². The summed E-state index contributed by atoms with van der Waals surface area (Å²) in [4.78, 5) is 18.9. The molecular weight excluding hydrogens is 358 g/mol. The minimum Gasteiger partial charge on any atom is -0.433 e. The molecule has 0 saturated carbocycles. The number of ether oxygens (including phenoxy) is 2. The second-order valence-corrected chi connectivity index (χ2v) is 6.12. The molecule has 7 heteroatoms. The van der Waals surface area contributed by atoms with Crippen LogP contribution in [0, 0.1) is 17.0 Å². The Balaban J connectivity index is 1.69. The molecule has 0 aliphatic rings. The Labute approximate surface area is 160 Å². The largest absolute Gasteiger partial charge is 0.433 e. The van der Waals surface area contributed by atoms with Gasteiger partial charge in [-0.15, -0.1) is 0 Å². The van der Waals surface area contributed by atoms with Crippen molar-refractivity contribution in [2.75, 3.05) is 0 Å². The van der Waals surface area contributed by atoms with Gasteiger partial charge in [0, 0.05) is 0 Å². The van der Waals surface area contributed by atoms with Crippen molar-refractivity contribution in [2.45, 2.75) is 6.92 Å². The molecule has 4 rings (SSSR count). The maximum Gasteiger partial charge on any atom is 0.393 e. The molecule has 1 aromatic heterocycles. The fourth-order valence-corrected chi connectivity index (χ4v) is 2.71. The van der Waals surface area contributed by atoms with E-state index in [0.717, 1.165) is 16.3 Å². The number of aryl methyl sites for hydroxylation is 1. The van der Waals surface area contributed by atoms with Crippen LogP contribution in [-0.2, 0) is 0 Å². The van der Waals surface area contributed by atoms with Gasteiger partial charge in [0.25, 0.3) is 0 Å². The molecule has 0 fully saturated rings. The Morgan fingerprint density at radius 1 is 0.821 bits per heavy atom. The normalized spacial score (nSPS) is 10.6. The summed E-state index contributed by atoms with van der Waals surface area (Å²) in [6.45, 7) is 1.94. The van der Waals surface area contributed by atoms with Gasteiger partial charge in [-0.3, -0.25) is 10.1 Å². The Hall–Kier alpha value is -4.00. The quantitative estimate of drug-likeness (QED) is 0.342. The van der Waals surface area contributed by atoms with Gasteiger partial charge in [-0.1, -0.05) is 48.0 Å². The number of nitrogens with zero attached hydrogens (tertiary/aromatic N) is 3. The van der Waals surface area contributed by atoms with Crippen molar-refractivity contribution in [3.63, 3.8) is 0 Å². The zero-order chi connectivity index (χ0) is 19.5. The van der Waals surface area contributed by atoms with Crippen LogP contribution in [0.5, 0.6) is 23.3 Å². The van der Waals surface area contributed by atoms with Crippen LogP contribution in [0.1, 0.15) is 5.56 Å². The number of benzene rings is 3. The van der Waals surface area contributed by atoms with E-state index in [2.05, 4.69) is 9.97 Å². The molecule has 4 aromatic rings. The SMILES string of the molecule is Cc1ccc(Oc2ncnc(Oc3ccc4ccccc4c3)c2[N+](=O)[O-])cc1. The molecule has 0 atom stereocenters. The molecule has 1 heterocycles. The van der Waals surface area contributed by atoms with E-state index in [-0.39, 0.29) is 11.8 Å². The van der Waals surface area contributed by atoms with Gasteiger partial charge in [-0.25, -0.2) is 0 Å². The first kappa shape index (κ1) is 17.4. The maximum absolute atomic E-state index is 11.7. The topological polar surface area (TPSA) is 87.4 Å². The van der Waals surface area contributed by atoms with Gasteiger partial charge in [0.1, 0.15) is 17.8 Å². The third kappa shape index (κ3) is 3.59. The van der Waals surface area contributed by atoms with Crippen LogP contribution in [0.25, 0.3) is 10.8 Å². The van der Waals surface area contributed by atoms with Crippen LogP contribution in [0.15, 0.2) is 73.1 Å². The first-order valence-corrected chi connectivity index (χ1v) is 8.51. The third-order valence-corrected chi connectivity index (χ3v) is 4.11. The van der Waals surface area contributed by atoms with Crippen molar-refractivity contribution in [3.8, 4) is 23.3 Å². The van der Waals surface area contributed by atoms with Crippen LogP contribution < -0.4 is 9.47 Å². The second-order valence-electron chi connectivity index (χ2n) is 6.12. The van der Waals surface area contributed by atoms with Gasteiger partial charge in [-0.05, 0) is 42.0 Å². The number of rotatable bonds is 5. The number of hydrogen-bond donors (Lipinski definition) is 0. The molecule has 0 spiro atoms. The lowest BCUT2D eigenvalue weighted by atomic mass is 10.1. The molecule has 3 aromatic carbocycles. The van der Waals surface area contributed by atoms with Crippen molar-refractivity contribution >= 4 is 16.5 Å². The van der Waals surface area contributed by atoms with Crippen molar-refractivity contribution in [1.29, 1.82) is 0 Å². The average Bonchev–Trinajstić information content (AvgIpc) is 2.69. The van der Waals surface area contributed by atoms with Crippen molar-refractivity contribution < 1.29 is 14.4 Å². The predicted molar refractivity (Wildman–Crippen MR) is 104 cm³/mol. The number of fused-ring (bicyclic) bond motifs is 1. The Morgan fingerprint density at radius 2 is 1.43 bits per heavy atom. The fraction of sp³-hybridized carbons (Fsp3) is 0.0476. The fourth-order valence-electron chi connectivity index (χ4n) is 2.71. The van der Waals surface area contributed by atoms with Crippen molar-refractivity contribution in [2.24, 2.45) is 0 Å². The predicted octanol–water partition coefficient (Wildman–Crippen LogP) is 5.43. The van der Waals surface area contributed by atoms with Crippen molar-refractivity contribution in [3.05, 3.63) is 88.7 Å². The van der Waals surface area contributed by atoms with Crippen molar-refractivity contribution in [1.82, 2.24) is 9.97 Å². The van der Waals surface area contributed by atoms with Gasteiger partial charge in [0.05, 0.1) is 4.92 Å². The summed E-state index contributed by atoms with van der Waals surface area (Å²) in [5.41, 5.74) is 0.612. The number of nitro groups is 1. The Kier molecular flexibility index (Phi) is 4.55. The van der Waals surface area contributed by atoms with Gasteiger partial charge >= 0.3 is 17.4 Å². The van der Waals surface area contributed by atoms with Crippen LogP contribution in [0.4, 0.5) is 5.69 Å². The highest BCUT2D eigenvalue weighted by molar-refractivity contribution is 5.83. The molecule has 0 bridgehead atoms. The van der Waals surface area contributed by atoms with Crippen LogP contribution in [0.3, 0.4) is 0 Å². The summed E-state index contributed by atoms with van der Waals surface area (Å²) < 4.78 is 11.3. The highest BCUT2D eigenvalue weighted by atomic mass is 16.6. The summed E-state index contributed by atoms with van der Waals surface area (Å²) in [7, 11) is 0. The van der Waals surface area contributed by atoms with E-state index in [1.165, 1.54) is 6.33 Å². The summed E-state index contributed by atoms with van der Waals surface area (Å²) in [5.74, 6) is 0.503. The van der Waals surface area contributed by atoms with Gasteiger partial charge in [0.2, 0.25) is 0 Å². The number of hydrogen-bond acceptors (Lipinski definition) is 6. The standard InChI is InChI=1S/C21H15N3O4/c1-14-6-9-17(10-7-14)27-20-19(24(25)26)21(23-13-22-20)28-18-11-8-15-4-2-3-5-16(15)12-18/h2-13H,1H3. The zero-order valence-corrected chi connectivity index (χ0v) is 14.9. The molecule has 28 heavy (non-hydrogen) atoms. The molecule has 0 saturated heterocycles. The van der Waals surface area contributed by atoms with Crippen LogP contribution in [-0.4, -0.2) is 14.9 Å². The van der Waals surface area contributed by atoms with Gasteiger partial charge in [0.15, 0.2) is 0 Å². The summed E-state index contributed by atoms with van der Waals surface area (Å²) >= 11 is 0. The molecule has 0 aliphatic heterocycles. The van der Waals surface area contributed by atoms with Gasteiger partial charge < -0.3 is 9.47 Å². The maximum atomic E-state index is 11.7. The van der Waals surface area contributed by atoms with E-state index >= 15 is 0 Å². The summed E-state index contributed by atoms with van der Waals surface area (Å²) in [5, 5.41) is 13.6. The average molecular weight is 373 g/mol. The zero-order valence-electron chi connectivity index (χ0n) is 14.9. The lowest BCUT2D eigenvalue weighted by molar-refractivity contribution is -0.387. The minimum absolute atomic E-state index is 0.181. The Bertz CT molecular complexity index is 1160. The highest BCUT2D eigenvalue weighted by Gasteiger charge is 2.27. The monoisotopic (exact) mass is 373 g/mol. The van der Waals surface area contributed by atoms with E-state index in [0.29, 0.717) is 11.5 Å². The van der Waals surface area contributed by atoms with Crippen LogP contribution in [0.2, 0.25) is 0 Å². The molecule has 0 aliphatic carbocycles. The second kappa shape index (κ2) is 7.32. The number of aromatic nitrogens is 2. The molecule has 0 radical (unpaired) electrons. The lowest BCUT2D eigenvalue weighted by Crippen LogP contribution is -2.01. The minimum atomic E-state index is -0.611. The van der Waals surface area contributed by atoms with E-state index in [9.17, 15) is 10.1 Å². The van der Waals surface area contributed by atoms with E-state index in [1.54, 1.807) is 24.3 Å². The first-order chi connectivity index (χ1) is 13.6. The molecule has 0 unspecified atom stereocenters. The van der Waals surface area contributed by atoms with E-state index in [1.807, 2.05) is 49.4 Å². The molecule has 7 nitrogen and oxygen atoms in total. The molecule has 0 N–H and O–H groups in total. The smallest absolute Gasteiger partial charge is 0.393 e. The molecule has 0 amide bonds. The van der Waals surface area contributed by atoms with Gasteiger partial charge in [-0.2, -0.15) is 9.97 Å². The highest BCUT2D eigenvalue weighted by Crippen LogP contribution is 2.38. The lowest BCUT2D eigenvalue weighted by Gasteiger charge is -2.09. The first-order valence-electron chi connectivity index (χ1n) is 8.51. The third-order valence-electron chi connectivity index (χ3n) is 4.11. The van der Waals surface area contributed by atoms with E-state index in [4.69, 9.17) is 9.47 Å². The molecule has 138 valence electrons. The molecular formula is C21H15N3O4. The summed E-state index contributed by atoms with van der Waals surface area (Å²) in [6, 6.07) is 20.3.